The number of benzene rings is 3. The summed E-state index contributed by atoms with van der Waals surface area (Å²) in [5.74, 6) is 0. The van der Waals surface area contributed by atoms with Gasteiger partial charge in [0.05, 0.1) is 33.1 Å². The van der Waals surface area contributed by atoms with Gasteiger partial charge in [-0.15, -0.1) is 0 Å². The highest BCUT2D eigenvalue weighted by atomic mass is 16.6. The highest BCUT2D eigenvalue weighted by molar-refractivity contribution is 6.06. The number of nitro benzene ring substituents is 1. The van der Waals surface area contributed by atoms with Crippen LogP contribution in [0.4, 0.5) is 17.1 Å². The molecule has 1 aliphatic heterocycles. The molecule has 0 radical (unpaired) electrons. The maximum Gasteiger partial charge on any atom is 0.277 e. The lowest BCUT2D eigenvalue weighted by molar-refractivity contribution is -0.384. The van der Waals surface area contributed by atoms with E-state index in [1.165, 1.54) is 0 Å². The predicted molar refractivity (Wildman–Crippen MR) is 98.6 cm³/mol. The molecule has 0 spiro atoms. The Balaban J connectivity index is 1.83. The number of nitro groups is 1. The summed E-state index contributed by atoms with van der Waals surface area (Å²) in [4.78, 5) is 11.1. The van der Waals surface area contributed by atoms with E-state index in [1.807, 2.05) is 48.7 Å². The van der Waals surface area contributed by atoms with Gasteiger partial charge in [0.25, 0.3) is 5.69 Å². The third kappa shape index (κ3) is 1.89. The van der Waals surface area contributed by atoms with Crippen molar-refractivity contribution in [3.05, 3.63) is 83.0 Å². The molecule has 1 N–H and O–H groups in total. The number of fused-ring (bicyclic) bond motifs is 2. The maximum atomic E-state index is 11.4. The normalized spacial score (nSPS) is 11.8. The topological polar surface area (TPSA) is 60.1 Å². The summed E-state index contributed by atoms with van der Waals surface area (Å²) in [6.07, 6.45) is 2.02. The van der Waals surface area contributed by atoms with Crippen LogP contribution < -0.4 is 5.32 Å². The molecule has 0 saturated heterocycles. The van der Waals surface area contributed by atoms with Gasteiger partial charge in [-0.1, -0.05) is 30.3 Å². The molecular formula is C20H13N3O2. The Morgan fingerprint density at radius 2 is 1.64 bits per heavy atom. The predicted octanol–water partition coefficient (Wildman–Crippen LogP) is 5.26. The van der Waals surface area contributed by atoms with Crippen LogP contribution >= 0.6 is 0 Å². The third-order valence-electron chi connectivity index (χ3n) is 4.67. The molecule has 2 heterocycles. The standard InChI is InChI=1S/C20H13N3O2/c24-23(25)18-7-3-1-5-14(18)13-9-10-17-20-15(13)11-12-22(20)19-8-4-2-6-16(19)21-17/h1-12,21H. The van der Waals surface area contributed by atoms with E-state index in [9.17, 15) is 10.1 Å². The van der Waals surface area contributed by atoms with Crippen LogP contribution in [0.15, 0.2) is 72.9 Å². The van der Waals surface area contributed by atoms with E-state index >= 15 is 0 Å². The molecule has 0 amide bonds. The zero-order valence-electron chi connectivity index (χ0n) is 13.1. The van der Waals surface area contributed by atoms with Gasteiger partial charge in [0, 0.05) is 17.6 Å². The van der Waals surface area contributed by atoms with E-state index in [2.05, 4.69) is 16.0 Å². The summed E-state index contributed by atoms with van der Waals surface area (Å²) < 4.78 is 2.13. The zero-order chi connectivity index (χ0) is 17.0. The second-order valence-corrected chi connectivity index (χ2v) is 6.03. The van der Waals surface area contributed by atoms with Crippen molar-refractivity contribution < 1.29 is 4.92 Å². The molecule has 4 aromatic rings. The Bertz CT molecular complexity index is 1160. The second kappa shape index (κ2) is 4.95. The first-order valence-corrected chi connectivity index (χ1v) is 7.98. The Kier molecular flexibility index (Phi) is 2.73. The van der Waals surface area contributed by atoms with Gasteiger partial charge in [0.1, 0.15) is 0 Å². The molecule has 5 heteroatoms. The lowest BCUT2D eigenvalue weighted by atomic mass is 9.98. The first-order chi connectivity index (χ1) is 12.2. The fourth-order valence-corrected chi connectivity index (χ4v) is 3.59. The average Bonchev–Trinajstić information content (AvgIpc) is 3.09. The molecule has 0 saturated carbocycles. The lowest BCUT2D eigenvalue weighted by Gasteiger charge is -2.22. The largest absolute Gasteiger partial charge is 0.352 e. The smallest absolute Gasteiger partial charge is 0.277 e. The van der Waals surface area contributed by atoms with E-state index in [-0.39, 0.29) is 10.6 Å². The first kappa shape index (κ1) is 13.8. The number of rotatable bonds is 2. The van der Waals surface area contributed by atoms with Crippen LogP contribution in [0.5, 0.6) is 0 Å². The first-order valence-electron chi connectivity index (χ1n) is 7.98. The van der Waals surface area contributed by atoms with Crippen molar-refractivity contribution in [3.63, 3.8) is 0 Å². The molecule has 3 aromatic carbocycles. The number of hydrogen-bond donors (Lipinski definition) is 1. The number of para-hydroxylation sites is 3. The van der Waals surface area contributed by atoms with Crippen LogP contribution in [-0.2, 0) is 0 Å². The minimum atomic E-state index is -0.328. The summed E-state index contributed by atoms with van der Waals surface area (Å²) in [6.45, 7) is 0. The fourth-order valence-electron chi connectivity index (χ4n) is 3.59. The zero-order valence-corrected chi connectivity index (χ0v) is 13.1. The molecule has 25 heavy (non-hydrogen) atoms. The van der Waals surface area contributed by atoms with E-state index in [0.717, 1.165) is 33.5 Å². The van der Waals surface area contributed by atoms with E-state index < -0.39 is 0 Å². The summed E-state index contributed by atoms with van der Waals surface area (Å²) in [5.41, 5.74) is 5.78. The molecule has 120 valence electrons. The van der Waals surface area contributed by atoms with Crippen molar-refractivity contribution >= 4 is 28.0 Å². The van der Waals surface area contributed by atoms with Crippen LogP contribution in [0.2, 0.25) is 0 Å². The van der Waals surface area contributed by atoms with E-state index in [1.54, 1.807) is 18.2 Å². The van der Waals surface area contributed by atoms with Gasteiger partial charge in [-0.05, 0) is 35.9 Å². The quantitative estimate of drug-likeness (QED) is 0.355. The fraction of sp³-hybridized carbons (Fsp3) is 0. The van der Waals surface area contributed by atoms with Gasteiger partial charge in [-0.25, -0.2) is 0 Å². The molecule has 0 atom stereocenters. The summed E-state index contributed by atoms with van der Waals surface area (Å²) in [7, 11) is 0. The van der Waals surface area contributed by atoms with Crippen molar-refractivity contribution in [1.29, 1.82) is 0 Å². The number of nitrogens with one attached hydrogen (secondary N) is 1. The van der Waals surface area contributed by atoms with Crippen molar-refractivity contribution in [1.82, 2.24) is 4.57 Å². The molecule has 1 aliphatic rings. The molecular weight excluding hydrogens is 314 g/mol. The van der Waals surface area contributed by atoms with Gasteiger partial charge >= 0.3 is 0 Å². The van der Waals surface area contributed by atoms with Crippen molar-refractivity contribution in [2.45, 2.75) is 0 Å². The molecule has 0 fully saturated rings. The summed E-state index contributed by atoms with van der Waals surface area (Å²) in [6, 6.07) is 20.9. The minimum absolute atomic E-state index is 0.120. The Labute approximate surface area is 143 Å². The number of anilines is 2. The molecule has 0 aliphatic carbocycles. The summed E-state index contributed by atoms with van der Waals surface area (Å²) >= 11 is 0. The highest BCUT2D eigenvalue weighted by Gasteiger charge is 2.22. The van der Waals surface area contributed by atoms with Gasteiger partial charge in [-0.3, -0.25) is 10.1 Å². The van der Waals surface area contributed by atoms with Gasteiger partial charge in [-0.2, -0.15) is 0 Å². The number of hydrogen-bond acceptors (Lipinski definition) is 3. The molecule has 5 rings (SSSR count). The maximum absolute atomic E-state index is 11.4. The van der Waals surface area contributed by atoms with Crippen LogP contribution in [0, 0.1) is 10.1 Å². The molecule has 5 nitrogen and oxygen atoms in total. The van der Waals surface area contributed by atoms with Crippen LogP contribution in [-0.4, -0.2) is 9.49 Å². The Hall–Kier alpha value is -3.60. The van der Waals surface area contributed by atoms with Crippen molar-refractivity contribution in [3.8, 4) is 16.8 Å². The molecule has 0 unspecified atom stereocenters. The Morgan fingerprint density at radius 1 is 0.840 bits per heavy atom. The minimum Gasteiger partial charge on any atom is -0.352 e. The Morgan fingerprint density at radius 3 is 2.52 bits per heavy atom. The third-order valence-corrected chi connectivity index (χ3v) is 4.67. The summed E-state index contributed by atoms with van der Waals surface area (Å²) in [5, 5.41) is 15.9. The van der Waals surface area contributed by atoms with Crippen LogP contribution in [0.25, 0.3) is 27.7 Å². The SMILES string of the molecule is O=[N+]([O-])c1ccccc1-c1ccc2c3c1ccn3-c1ccccc1N2. The molecule has 1 aromatic heterocycles. The molecule has 0 bridgehead atoms. The van der Waals surface area contributed by atoms with Crippen LogP contribution in [0.1, 0.15) is 0 Å². The second-order valence-electron chi connectivity index (χ2n) is 6.03. The van der Waals surface area contributed by atoms with E-state index in [4.69, 9.17) is 0 Å². The average molecular weight is 327 g/mol. The highest BCUT2D eigenvalue weighted by Crippen LogP contribution is 2.43. The van der Waals surface area contributed by atoms with Gasteiger partial charge in [0.2, 0.25) is 0 Å². The monoisotopic (exact) mass is 327 g/mol. The number of aromatic nitrogens is 1. The van der Waals surface area contributed by atoms with Crippen molar-refractivity contribution in [2.24, 2.45) is 0 Å². The van der Waals surface area contributed by atoms with Crippen molar-refractivity contribution in [2.75, 3.05) is 5.32 Å². The van der Waals surface area contributed by atoms with Crippen LogP contribution in [0.3, 0.4) is 0 Å². The van der Waals surface area contributed by atoms with E-state index in [0.29, 0.717) is 5.56 Å². The number of nitrogens with zero attached hydrogens (tertiary/aromatic N) is 2. The lowest BCUT2D eigenvalue weighted by Crippen LogP contribution is -2.06. The van der Waals surface area contributed by atoms with Gasteiger partial charge < -0.3 is 9.88 Å². The van der Waals surface area contributed by atoms with Gasteiger partial charge in [0.15, 0.2) is 0 Å².